The van der Waals surface area contributed by atoms with Crippen LogP contribution in [-0.2, 0) is 6.42 Å². The third-order valence-electron chi connectivity index (χ3n) is 4.24. The molecule has 0 atom stereocenters. The highest BCUT2D eigenvalue weighted by Gasteiger charge is 2.22. The Morgan fingerprint density at radius 1 is 1.30 bits per heavy atom. The van der Waals surface area contributed by atoms with Gasteiger partial charge in [0.2, 0.25) is 4.96 Å². The molecule has 0 unspecified atom stereocenters. The van der Waals surface area contributed by atoms with Crippen LogP contribution in [0.3, 0.4) is 0 Å². The number of nitrogens with zero attached hydrogens (tertiary/aromatic N) is 3. The van der Waals surface area contributed by atoms with Gasteiger partial charge in [0.1, 0.15) is 5.82 Å². The Balaban J connectivity index is 1.89. The van der Waals surface area contributed by atoms with Crippen molar-refractivity contribution < 1.29 is 0 Å². The van der Waals surface area contributed by atoms with Gasteiger partial charge in [0.05, 0.1) is 10.2 Å². The number of aryl methyl sites for hydroxylation is 1. The number of aromatic nitrogens is 3. The summed E-state index contributed by atoms with van der Waals surface area (Å²) in [5.41, 5.74) is 2.65. The van der Waals surface area contributed by atoms with Crippen molar-refractivity contribution in [3.63, 3.8) is 0 Å². The largest absolute Gasteiger partial charge is 0.317 e. The fraction of sp³-hybridized carbons (Fsp3) is 0.467. The molecule has 20 heavy (non-hydrogen) atoms. The fourth-order valence-corrected chi connectivity index (χ4v) is 4.10. The summed E-state index contributed by atoms with van der Waals surface area (Å²) in [6, 6.07) is 6.74. The molecule has 1 aromatic carbocycles. The van der Waals surface area contributed by atoms with Gasteiger partial charge < -0.3 is 5.32 Å². The first-order valence-corrected chi connectivity index (χ1v) is 8.15. The summed E-state index contributed by atoms with van der Waals surface area (Å²) in [7, 11) is 0. The number of rotatable bonds is 2. The molecule has 4 nitrogen and oxygen atoms in total. The first kappa shape index (κ1) is 12.3. The van der Waals surface area contributed by atoms with Gasteiger partial charge in [-0.1, -0.05) is 24.3 Å². The molecule has 4 rings (SSSR count). The number of hydrogen-bond donors (Lipinski definition) is 1. The lowest BCUT2D eigenvalue weighted by atomic mass is 9.97. The Hall–Kier alpha value is -1.46. The van der Waals surface area contributed by atoms with E-state index >= 15 is 0 Å². The van der Waals surface area contributed by atoms with Crippen LogP contribution in [0.15, 0.2) is 18.2 Å². The SMILES string of the molecule is CCc1ccc2c(c1)sc1nnc(C3CCNCC3)n12. The first-order chi connectivity index (χ1) is 9.86. The van der Waals surface area contributed by atoms with Crippen molar-refractivity contribution in [2.75, 3.05) is 13.1 Å². The highest BCUT2D eigenvalue weighted by Crippen LogP contribution is 2.32. The molecule has 1 aliphatic rings. The second kappa shape index (κ2) is 4.82. The van der Waals surface area contributed by atoms with E-state index < -0.39 is 0 Å². The van der Waals surface area contributed by atoms with Crippen molar-refractivity contribution in [3.8, 4) is 0 Å². The Morgan fingerprint density at radius 2 is 2.15 bits per heavy atom. The topological polar surface area (TPSA) is 42.2 Å². The van der Waals surface area contributed by atoms with Crippen LogP contribution in [0.5, 0.6) is 0 Å². The minimum Gasteiger partial charge on any atom is -0.317 e. The minimum absolute atomic E-state index is 0.537. The number of hydrogen-bond acceptors (Lipinski definition) is 4. The van der Waals surface area contributed by atoms with Gasteiger partial charge >= 0.3 is 0 Å². The normalized spacial score (nSPS) is 17.2. The number of fused-ring (bicyclic) bond motifs is 3. The molecule has 0 spiro atoms. The van der Waals surface area contributed by atoms with E-state index in [9.17, 15) is 0 Å². The minimum atomic E-state index is 0.537. The molecule has 1 fully saturated rings. The molecule has 104 valence electrons. The highest BCUT2D eigenvalue weighted by molar-refractivity contribution is 7.23. The monoisotopic (exact) mass is 286 g/mol. The summed E-state index contributed by atoms with van der Waals surface area (Å²) in [4.78, 5) is 1.03. The van der Waals surface area contributed by atoms with Crippen molar-refractivity contribution >= 4 is 26.5 Å². The zero-order valence-electron chi connectivity index (χ0n) is 11.6. The summed E-state index contributed by atoms with van der Waals surface area (Å²) in [5, 5.41) is 12.3. The van der Waals surface area contributed by atoms with E-state index in [0.717, 1.165) is 43.1 Å². The maximum absolute atomic E-state index is 4.47. The van der Waals surface area contributed by atoms with Gasteiger partial charge in [-0.15, -0.1) is 10.2 Å². The molecule has 0 radical (unpaired) electrons. The smallest absolute Gasteiger partial charge is 0.217 e. The molecule has 1 aliphatic heterocycles. The van der Waals surface area contributed by atoms with Gasteiger partial charge in [-0.25, -0.2) is 0 Å². The van der Waals surface area contributed by atoms with E-state index in [4.69, 9.17) is 0 Å². The summed E-state index contributed by atoms with van der Waals surface area (Å²) >= 11 is 1.75. The van der Waals surface area contributed by atoms with Crippen LogP contribution >= 0.6 is 11.3 Å². The van der Waals surface area contributed by atoms with Gasteiger partial charge in [-0.2, -0.15) is 0 Å². The molecule has 0 aliphatic carbocycles. The maximum Gasteiger partial charge on any atom is 0.217 e. The third kappa shape index (κ3) is 1.84. The van der Waals surface area contributed by atoms with Crippen LogP contribution in [0.25, 0.3) is 15.2 Å². The standard InChI is InChI=1S/C15H18N4S/c1-2-10-3-4-12-13(9-10)20-15-18-17-14(19(12)15)11-5-7-16-8-6-11/h3-4,9,11,16H,2,5-8H2,1H3. The lowest BCUT2D eigenvalue weighted by molar-refractivity contribution is 0.443. The van der Waals surface area contributed by atoms with Crippen LogP contribution in [-0.4, -0.2) is 27.7 Å². The summed E-state index contributed by atoms with van der Waals surface area (Å²) < 4.78 is 3.60. The van der Waals surface area contributed by atoms with E-state index in [1.165, 1.54) is 15.8 Å². The quantitative estimate of drug-likeness (QED) is 0.787. The molecule has 0 saturated carbocycles. The molecule has 1 saturated heterocycles. The van der Waals surface area contributed by atoms with Crippen LogP contribution in [0.4, 0.5) is 0 Å². The average Bonchev–Trinajstić information content (AvgIpc) is 3.06. The van der Waals surface area contributed by atoms with Crippen LogP contribution in [0, 0.1) is 0 Å². The number of piperidine rings is 1. The summed E-state index contributed by atoms with van der Waals surface area (Å²) in [6.07, 6.45) is 3.39. The summed E-state index contributed by atoms with van der Waals surface area (Å²) in [6.45, 7) is 4.37. The van der Waals surface area contributed by atoms with Gasteiger partial charge in [-0.3, -0.25) is 4.40 Å². The predicted octanol–water partition coefficient (Wildman–Crippen LogP) is 2.97. The molecule has 3 aromatic rings. The lowest BCUT2D eigenvalue weighted by Gasteiger charge is -2.20. The molecule has 2 aromatic heterocycles. The van der Waals surface area contributed by atoms with E-state index in [0.29, 0.717) is 5.92 Å². The predicted molar refractivity (Wildman–Crippen MR) is 82.6 cm³/mol. The molecule has 5 heteroatoms. The molecule has 0 amide bonds. The zero-order chi connectivity index (χ0) is 13.5. The van der Waals surface area contributed by atoms with Crippen LogP contribution in [0.1, 0.15) is 37.1 Å². The van der Waals surface area contributed by atoms with Gasteiger partial charge in [0, 0.05) is 5.92 Å². The zero-order valence-corrected chi connectivity index (χ0v) is 12.4. The van der Waals surface area contributed by atoms with Crippen molar-refractivity contribution in [1.82, 2.24) is 19.9 Å². The molecule has 0 bridgehead atoms. The maximum atomic E-state index is 4.47. The Labute approximate surface area is 121 Å². The molecular weight excluding hydrogens is 268 g/mol. The van der Waals surface area contributed by atoms with Crippen molar-refractivity contribution in [2.45, 2.75) is 32.1 Å². The van der Waals surface area contributed by atoms with E-state index in [-0.39, 0.29) is 0 Å². The van der Waals surface area contributed by atoms with E-state index in [1.807, 2.05) is 0 Å². The van der Waals surface area contributed by atoms with Crippen LogP contribution < -0.4 is 5.32 Å². The van der Waals surface area contributed by atoms with E-state index in [1.54, 1.807) is 11.3 Å². The Bertz CT molecular complexity index is 752. The lowest BCUT2D eigenvalue weighted by Crippen LogP contribution is -2.27. The van der Waals surface area contributed by atoms with Gasteiger partial charge in [0.15, 0.2) is 0 Å². The Morgan fingerprint density at radius 3 is 2.95 bits per heavy atom. The molecule has 1 N–H and O–H groups in total. The second-order valence-electron chi connectivity index (χ2n) is 5.46. The number of benzene rings is 1. The van der Waals surface area contributed by atoms with Crippen molar-refractivity contribution in [2.24, 2.45) is 0 Å². The third-order valence-corrected chi connectivity index (χ3v) is 5.23. The average molecular weight is 286 g/mol. The molecule has 3 heterocycles. The van der Waals surface area contributed by atoms with E-state index in [2.05, 4.69) is 45.0 Å². The fourth-order valence-electron chi connectivity index (χ4n) is 3.06. The van der Waals surface area contributed by atoms with Crippen molar-refractivity contribution in [1.29, 1.82) is 0 Å². The first-order valence-electron chi connectivity index (χ1n) is 7.34. The van der Waals surface area contributed by atoms with Gasteiger partial charge in [0.25, 0.3) is 0 Å². The van der Waals surface area contributed by atoms with Crippen LogP contribution in [0.2, 0.25) is 0 Å². The number of thiazole rings is 1. The Kier molecular flexibility index (Phi) is 2.97. The number of nitrogens with one attached hydrogen (secondary N) is 1. The second-order valence-corrected chi connectivity index (χ2v) is 6.47. The van der Waals surface area contributed by atoms with Crippen molar-refractivity contribution in [3.05, 3.63) is 29.6 Å². The summed E-state index contributed by atoms with van der Waals surface area (Å²) in [5.74, 6) is 1.69. The molecular formula is C15H18N4S. The highest BCUT2D eigenvalue weighted by atomic mass is 32.1. The van der Waals surface area contributed by atoms with Gasteiger partial charge in [-0.05, 0) is 50.0 Å².